The van der Waals surface area contributed by atoms with Crippen molar-refractivity contribution in [3.63, 3.8) is 0 Å². The normalized spacial score (nSPS) is 12.5. The highest BCUT2D eigenvalue weighted by Crippen LogP contribution is 2.12. The van der Waals surface area contributed by atoms with Crippen molar-refractivity contribution in [1.82, 2.24) is 4.90 Å². The molecule has 0 fully saturated rings. The zero-order valence-corrected chi connectivity index (χ0v) is 11.2. The average molecular weight is 234 g/mol. The minimum atomic E-state index is 0.109. The topological polar surface area (TPSA) is 32.3 Å². The van der Waals surface area contributed by atoms with Crippen LogP contribution in [-0.2, 0) is 0 Å². The molecule has 0 spiro atoms. The van der Waals surface area contributed by atoms with Gasteiger partial charge in [0.25, 0.3) is 0 Å². The second-order valence-electron chi connectivity index (χ2n) is 4.77. The predicted octanol–water partition coefficient (Wildman–Crippen LogP) is 2.64. The third-order valence-electron chi connectivity index (χ3n) is 2.71. The monoisotopic (exact) mass is 234 g/mol. The third-order valence-corrected chi connectivity index (χ3v) is 2.71. The molecule has 0 aliphatic rings. The largest absolute Gasteiger partial charge is 0.383 e. The van der Waals surface area contributed by atoms with Crippen LogP contribution in [-0.4, -0.2) is 37.4 Å². The Bertz CT molecular complexity index is 357. The molecule has 0 saturated heterocycles. The van der Waals surface area contributed by atoms with E-state index in [-0.39, 0.29) is 5.78 Å². The number of ketones is 1. The fraction of sp³-hybridized carbons (Fsp3) is 0.500. The number of rotatable bonds is 6. The quantitative estimate of drug-likeness (QED) is 0.768. The number of benzene rings is 1. The van der Waals surface area contributed by atoms with Crippen LogP contribution in [0, 0.1) is 0 Å². The molecule has 0 aliphatic heterocycles. The molecule has 3 nitrogen and oxygen atoms in total. The summed E-state index contributed by atoms with van der Waals surface area (Å²) in [4.78, 5) is 13.3. The van der Waals surface area contributed by atoms with E-state index in [9.17, 15) is 4.79 Å². The lowest BCUT2D eigenvalue weighted by Gasteiger charge is -2.17. The first kappa shape index (κ1) is 13.7. The first-order chi connectivity index (χ1) is 7.99. The highest BCUT2D eigenvalue weighted by Gasteiger charge is 2.03. The highest BCUT2D eigenvalue weighted by molar-refractivity contribution is 5.94. The number of nitrogens with one attached hydrogen (secondary N) is 1. The van der Waals surface area contributed by atoms with Gasteiger partial charge in [0.15, 0.2) is 5.78 Å². The lowest BCUT2D eigenvalue weighted by atomic mass is 10.1. The van der Waals surface area contributed by atoms with Gasteiger partial charge in [0, 0.05) is 17.3 Å². The van der Waals surface area contributed by atoms with Crippen molar-refractivity contribution in [2.24, 2.45) is 0 Å². The van der Waals surface area contributed by atoms with Gasteiger partial charge in [-0.1, -0.05) is 0 Å². The molecule has 17 heavy (non-hydrogen) atoms. The molecule has 0 aliphatic carbocycles. The van der Waals surface area contributed by atoms with E-state index in [4.69, 9.17) is 0 Å². The summed E-state index contributed by atoms with van der Waals surface area (Å²) < 4.78 is 0. The van der Waals surface area contributed by atoms with Crippen LogP contribution in [0.2, 0.25) is 0 Å². The maximum absolute atomic E-state index is 11.1. The summed E-state index contributed by atoms with van der Waals surface area (Å²) in [7, 11) is 4.16. The van der Waals surface area contributed by atoms with Crippen LogP contribution < -0.4 is 5.32 Å². The Morgan fingerprint density at radius 3 is 2.35 bits per heavy atom. The summed E-state index contributed by atoms with van der Waals surface area (Å²) in [6.07, 6.45) is 1.10. The fourth-order valence-corrected chi connectivity index (χ4v) is 1.61. The summed E-state index contributed by atoms with van der Waals surface area (Å²) in [5.74, 6) is 0.109. The fourth-order valence-electron chi connectivity index (χ4n) is 1.61. The van der Waals surface area contributed by atoms with Crippen LogP contribution in [0.4, 0.5) is 5.69 Å². The smallest absolute Gasteiger partial charge is 0.159 e. The molecule has 0 aromatic heterocycles. The lowest BCUT2D eigenvalue weighted by Crippen LogP contribution is -2.22. The molecule has 0 saturated carbocycles. The van der Waals surface area contributed by atoms with E-state index < -0.39 is 0 Å². The Kier molecular flexibility index (Phi) is 5.16. The van der Waals surface area contributed by atoms with Crippen molar-refractivity contribution in [2.45, 2.75) is 26.3 Å². The zero-order valence-electron chi connectivity index (χ0n) is 11.2. The number of hydrogen-bond donors (Lipinski definition) is 1. The van der Waals surface area contributed by atoms with E-state index in [0.717, 1.165) is 24.2 Å². The van der Waals surface area contributed by atoms with Gasteiger partial charge in [0.1, 0.15) is 0 Å². The molecule has 1 N–H and O–H groups in total. The number of carbonyl (C=O) groups excluding carboxylic acids is 1. The van der Waals surface area contributed by atoms with Crippen molar-refractivity contribution in [2.75, 3.05) is 26.0 Å². The first-order valence-corrected chi connectivity index (χ1v) is 6.01. The molecule has 1 aromatic rings. The van der Waals surface area contributed by atoms with Gasteiger partial charge in [-0.25, -0.2) is 0 Å². The highest BCUT2D eigenvalue weighted by atomic mass is 16.1. The van der Waals surface area contributed by atoms with Crippen LogP contribution >= 0.6 is 0 Å². The van der Waals surface area contributed by atoms with Crippen LogP contribution in [0.1, 0.15) is 30.6 Å². The molecule has 0 radical (unpaired) electrons. The summed E-state index contributed by atoms with van der Waals surface area (Å²) in [5, 5.41) is 3.43. The van der Waals surface area contributed by atoms with E-state index in [1.807, 2.05) is 24.3 Å². The van der Waals surface area contributed by atoms with Gasteiger partial charge >= 0.3 is 0 Å². The van der Waals surface area contributed by atoms with E-state index in [1.165, 1.54) is 0 Å². The number of nitrogens with zero attached hydrogens (tertiary/aromatic N) is 1. The Morgan fingerprint density at radius 1 is 1.29 bits per heavy atom. The van der Waals surface area contributed by atoms with Crippen molar-refractivity contribution in [3.8, 4) is 0 Å². The molecule has 0 amide bonds. The predicted molar refractivity (Wildman–Crippen MR) is 72.7 cm³/mol. The van der Waals surface area contributed by atoms with Crippen LogP contribution in [0.15, 0.2) is 24.3 Å². The zero-order chi connectivity index (χ0) is 12.8. The summed E-state index contributed by atoms with van der Waals surface area (Å²) in [5.41, 5.74) is 1.83. The van der Waals surface area contributed by atoms with E-state index in [0.29, 0.717) is 6.04 Å². The van der Waals surface area contributed by atoms with Crippen molar-refractivity contribution < 1.29 is 4.79 Å². The van der Waals surface area contributed by atoms with Crippen molar-refractivity contribution in [1.29, 1.82) is 0 Å². The minimum absolute atomic E-state index is 0.109. The molecule has 1 rings (SSSR count). The van der Waals surface area contributed by atoms with Crippen LogP contribution in [0.25, 0.3) is 0 Å². The van der Waals surface area contributed by atoms with Crippen molar-refractivity contribution >= 4 is 11.5 Å². The summed E-state index contributed by atoms with van der Waals surface area (Å²) in [6.45, 7) is 4.82. The SMILES string of the molecule is CC(=O)c1ccc(NC(C)CCN(C)C)cc1. The molecule has 0 bridgehead atoms. The Balaban J connectivity index is 2.48. The minimum Gasteiger partial charge on any atom is -0.383 e. The Labute approximate surface area is 104 Å². The summed E-state index contributed by atoms with van der Waals surface area (Å²) in [6, 6.07) is 8.08. The molecule has 1 aromatic carbocycles. The van der Waals surface area contributed by atoms with Gasteiger partial charge in [-0.05, 0) is 65.2 Å². The van der Waals surface area contributed by atoms with Crippen molar-refractivity contribution in [3.05, 3.63) is 29.8 Å². The molecular formula is C14H22N2O. The summed E-state index contributed by atoms with van der Waals surface area (Å²) >= 11 is 0. The maximum atomic E-state index is 11.1. The van der Waals surface area contributed by atoms with Gasteiger partial charge in [0.2, 0.25) is 0 Å². The molecule has 1 atom stereocenters. The van der Waals surface area contributed by atoms with E-state index in [2.05, 4.69) is 31.2 Å². The molecule has 94 valence electrons. The first-order valence-electron chi connectivity index (χ1n) is 6.01. The third kappa shape index (κ3) is 5.00. The number of hydrogen-bond acceptors (Lipinski definition) is 3. The lowest BCUT2D eigenvalue weighted by molar-refractivity contribution is 0.101. The van der Waals surface area contributed by atoms with Gasteiger partial charge in [-0.15, -0.1) is 0 Å². The van der Waals surface area contributed by atoms with Gasteiger partial charge < -0.3 is 10.2 Å². The van der Waals surface area contributed by atoms with E-state index >= 15 is 0 Å². The number of carbonyl (C=O) groups is 1. The molecule has 1 unspecified atom stereocenters. The average Bonchev–Trinajstić information content (AvgIpc) is 2.27. The van der Waals surface area contributed by atoms with Gasteiger partial charge in [-0.2, -0.15) is 0 Å². The Morgan fingerprint density at radius 2 is 1.88 bits per heavy atom. The van der Waals surface area contributed by atoms with Crippen LogP contribution in [0.5, 0.6) is 0 Å². The second kappa shape index (κ2) is 6.40. The molecular weight excluding hydrogens is 212 g/mol. The van der Waals surface area contributed by atoms with Gasteiger partial charge in [-0.3, -0.25) is 4.79 Å². The number of anilines is 1. The number of Topliss-reactive ketones (excluding diaryl/α,β-unsaturated/α-hetero) is 1. The van der Waals surface area contributed by atoms with E-state index in [1.54, 1.807) is 6.92 Å². The Hall–Kier alpha value is -1.35. The maximum Gasteiger partial charge on any atom is 0.159 e. The molecule has 3 heteroatoms. The standard InChI is InChI=1S/C14H22N2O/c1-11(9-10-16(3)4)15-14-7-5-13(6-8-14)12(2)17/h5-8,11,15H,9-10H2,1-4H3. The van der Waals surface area contributed by atoms with Gasteiger partial charge in [0.05, 0.1) is 0 Å². The molecule has 0 heterocycles. The second-order valence-corrected chi connectivity index (χ2v) is 4.77. The van der Waals surface area contributed by atoms with Crippen LogP contribution in [0.3, 0.4) is 0 Å².